The molecule has 3 heteroatoms. The van der Waals surface area contributed by atoms with Crippen LogP contribution in [0.2, 0.25) is 0 Å². The molecule has 0 aliphatic carbocycles. The van der Waals surface area contributed by atoms with E-state index in [0.29, 0.717) is 6.61 Å². The molecule has 0 spiro atoms. The van der Waals surface area contributed by atoms with Crippen molar-refractivity contribution in [1.29, 1.82) is 0 Å². The molecule has 0 saturated heterocycles. The summed E-state index contributed by atoms with van der Waals surface area (Å²) in [6, 6.07) is 19.5. The Morgan fingerprint density at radius 2 is 1.50 bits per heavy atom. The number of rotatable bonds is 5. The summed E-state index contributed by atoms with van der Waals surface area (Å²) < 4.78 is 4.86. The fourth-order valence-corrected chi connectivity index (χ4v) is 1.80. The number of ether oxygens (including phenoxy) is 1. The molecule has 0 aliphatic heterocycles. The lowest BCUT2D eigenvalue weighted by Crippen LogP contribution is -2.02. The van der Waals surface area contributed by atoms with E-state index in [0.717, 1.165) is 16.8 Å². The lowest BCUT2D eigenvalue weighted by atomic mass is 10.0. The Kier molecular flexibility index (Phi) is 4.95. The van der Waals surface area contributed by atoms with Crippen LogP contribution in [-0.4, -0.2) is 12.3 Å². The van der Waals surface area contributed by atoms with Crippen molar-refractivity contribution in [3.63, 3.8) is 0 Å². The number of nitrogens with zero attached hydrogens (tertiary/aromatic N) is 1. The molecule has 0 unspecified atom stereocenters. The maximum atomic E-state index is 11.4. The highest BCUT2D eigenvalue weighted by Gasteiger charge is 2.05. The van der Waals surface area contributed by atoms with Crippen LogP contribution in [0.5, 0.6) is 0 Å². The summed E-state index contributed by atoms with van der Waals surface area (Å²) in [5, 5.41) is 11.4. The van der Waals surface area contributed by atoms with Crippen LogP contribution in [0.15, 0.2) is 77.8 Å². The summed E-state index contributed by atoms with van der Waals surface area (Å²) >= 11 is 0. The molecule has 0 aromatic heterocycles. The third kappa shape index (κ3) is 3.72. The van der Waals surface area contributed by atoms with Crippen LogP contribution in [0, 0.1) is 0 Å². The normalized spacial score (nSPS) is 10.9. The Balaban J connectivity index is 2.40. The Morgan fingerprint density at radius 1 is 1.00 bits per heavy atom. The van der Waals surface area contributed by atoms with E-state index < -0.39 is 5.95 Å². The smallest absolute Gasteiger partial charge is 0.349 e. The summed E-state index contributed by atoms with van der Waals surface area (Å²) in [7, 11) is 0. The van der Waals surface area contributed by atoms with Crippen molar-refractivity contribution in [2.75, 3.05) is 6.61 Å². The van der Waals surface area contributed by atoms with Gasteiger partial charge in [-0.05, 0) is 6.92 Å². The van der Waals surface area contributed by atoms with Gasteiger partial charge in [-0.25, -0.2) is 10.1 Å². The van der Waals surface area contributed by atoms with Crippen LogP contribution in [0.3, 0.4) is 0 Å². The third-order valence-corrected chi connectivity index (χ3v) is 2.68. The average molecular weight is 266 g/mol. The monoisotopic (exact) mass is 266 g/mol. The molecule has 0 bridgehead atoms. The molecule has 20 heavy (non-hydrogen) atoms. The SMILES string of the molecule is CCOC([O])=CN=C(c1ccccc1)c1ccccc1. The van der Waals surface area contributed by atoms with E-state index in [1.54, 1.807) is 6.92 Å². The van der Waals surface area contributed by atoms with E-state index >= 15 is 0 Å². The largest absolute Gasteiger partial charge is 0.462 e. The predicted molar refractivity (Wildman–Crippen MR) is 78.9 cm³/mol. The fourth-order valence-electron chi connectivity index (χ4n) is 1.80. The third-order valence-electron chi connectivity index (χ3n) is 2.68. The number of aliphatic imine (C=N–C) groups is 1. The minimum absolute atomic E-state index is 0.344. The lowest BCUT2D eigenvalue weighted by Gasteiger charge is -2.06. The molecule has 2 aromatic carbocycles. The van der Waals surface area contributed by atoms with Gasteiger partial charge in [-0.15, -0.1) is 0 Å². The van der Waals surface area contributed by atoms with E-state index in [2.05, 4.69) is 4.99 Å². The Hall–Kier alpha value is -2.55. The standard InChI is InChI=1S/C17H16NO2/c1-2-20-16(19)13-18-17(14-9-5-3-6-10-14)15-11-7-4-8-12-15/h3-13H,2H2,1H3. The molecule has 0 N–H and O–H groups in total. The molecule has 101 valence electrons. The summed E-state index contributed by atoms with van der Waals surface area (Å²) in [5.41, 5.74) is 2.66. The van der Waals surface area contributed by atoms with Crippen LogP contribution >= 0.6 is 0 Å². The van der Waals surface area contributed by atoms with Crippen molar-refractivity contribution in [3.05, 3.63) is 83.9 Å². The summed E-state index contributed by atoms with van der Waals surface area (Å²) in [6.45, 7) is 2.11. The van der Waals surface area contributed by atoms with Gasteiger partial charge in [-0.2, -0.15) is 0 Å². The first-order valence-corrected chi connectivity index (χ1v) is 6.50. The topological polar surface area (TPSA) is 41.5 Å². The van der Waals surface area contributed by atoms with E-state index in [1.807, 2.05) is 60.7 Å². The van der Waals surface area contributed by atoms with Crippen LogP contribution in [0.25, 0.3) is 0 Å². The maximum Gasteiger partial charge on any atom is 0.349 e. The van der Waals surface area contributed by atoms with Crippen molar-refractivity contribution in [2.45, 2.75) is 6.92 Å². The fraction of sp³-hybridized carbons (Fsp3) is 0.118. The van der Waals surface area contributed by atoms with E-state index in [4.69, 9.17) is 4.74 Å². The summed E-state index contributed by atoms with van der Waals surface area (Å²) in [5.74, 6) is -0.433. The van der Waals surface area contributed by atoms with Crippen molar-refractivity contribution < 1.29 is 9.84 Å². The molecular formula is C17H16NO2. The minimum Gasteiger partial charge on any atom is -0.462 e. The first-order valence-electron chi connectivity index (χ1n) is 6.50. The van der Waals surface area contributed by atoms with Gasteiger partial charge in [0.1, 0.15) is 6.20 Å². The molecule has 3 nitrogen and oxygen atoms in total. The zero-order valence-electron chi connectivity index (χ0n) is 11.3. The minimum atomic E-state index is -0.433. The average Bonchev–Trinajstić information content (AvgIpc) is 2.50. The van der Waals surface area contributed by atoms with Gasteiger partial charge >= 0.3 is 5.95 Å². The van der Waals surface area contributed by atoms with Crippen molar-refractivity contribution in [2.24, 2.45) is 4.99 Å². The van der Waals surface area contributed by atoms with Crippen molar-refractivity contribution in [3.8, 4) is 0 Å². The molecule has 0 atom stereocenters. The first kappa shape index (κ1) is 13.9. The molecule has 2 rings (SSSR count). The van der Waals surface area contributed by atoms with Gasteiger partial charge < -0.3 is 4.74 Å². The van der Waals surface area contributed by atoms with Crippen LogP contribution < -0.4 is 0 Å². The molecule has 0 heterocycles. The molecule has 0 amide bonds. The van der Waals surface area contributed by atoms with E-state index in [9.17, 15) is 5.11 Å². The highest BCUT2D eigenvalue weighted by atomic mass is 16.6. The molecule has 0 saturated carbocycles. The molecule has 0 fully saturated rings. The van der Waals surface area contributed by atoms with Gasteiger partial charge in [-0.1, -0.05) is 60.7 Å². The summed E-state index contributed by atoms with van der Waals surface area (Å²) in [4.78, 5) is 4.30. The van der Waals surface area contributed by atoms with E-state index in [-0.39, 0.29) is 0 Å². The van der Waals surface area contributed by atoms with Gasteiger partial charge in [-0.3, -0.25) is 0 Å². The number of hydrogen-bond donors (Lipinski definition) is 0. The van der Waals surface area contributed by atoms with Crippen LogP contribution in [-0.2, 0) is 9.84 Å². The summed E-state index contributed by atoms with van der Waals surface area (Å²) in [6.07, 6.45) is 1.22. The van der Waals surface area contributed by atoms with Gasteiger partial charge in [0.05, 0.1) is 12.3 Å². The Bertz CT molecular complexity index is 547. The zero-order chi connectivity index (χ0) is 14.2. The van der Waals surface area contributed by atoms with Gasteiger partial charge in [0.2, 0.25) is 0 Å². The second-order valence-electron chi connectivity index (χ2n) is 4.09. The van der Waals surface area contributed by atoms with Crippen LogP contribution in [0.1, 0.15) is 18.1 Å². The van der Waals surface area contributed by atoms with Crippen molar-refractivity contribution >= 4 is 5.71 Å². The molecule has 2 aromatic rings. The van der Waals surface area contributed by atoms with E-state index in [1.165, 1.54) is 6.20 Å². The molecule has 1 radical (unpaired) electrons. The van der Waals surface area contributed by atoms with Gasteiger partial charge in [0.25, 0.3) is 0 Å². The highest BCUT2D eigenvalue weighted by Crippen LogP contribution is 2.11. The van der Waals surface area contributed by atoms with Gasteiger partial charge in [0, 0.05) is 11.1 Å². The number of benzene rings is 2. The molecule has 0 aliphatic rings. The Morgan fingerprint density at radius 3 is 1.95 bits per heavy atom. The quantitative estimate of drug-likeness (QED) is 0.599. The van der Waals surface area contributed by atoms with Gasteiger partial charge in [0.15, 0.2) is 0 Å². The second kappa shape index (κ2) is 7.14. The lowest BCUT2D eigenvalue weighted by molar-refractivity contribution is 0.0592. The number of hydrogen-bond acceptors (Lipinski definition) is 2. The first-order chi connectivity index (χ1) is 9.81. The second-order valence-corrected chi connectivity index (χ2v) is 4.09. The predicted octanol–water partition coefficient (Wildman–Crippen LogP) is 3.79. The highest BCUT2D eigenvalue weighted by molar-refractivity contribution is 6.13. The maximum absolute atomic E-state index is 11.4. The Labute approximate surface area is 118 Å². The zero-order valence-corrected chi connectivity index (χ0v) is 11.3. The van der Waals surface area contributed by atoms with Crippen molar-refractivity contribution in [1.82, 2.24) is 0 Å². The molecular weight excluding hydrogens is 250 g/mol. The van der Waals surface area contributed by atoms with Crippen LogP contribution in [0.4, 0.5) is 0 Å².